The summed E-state index contributed by atoms with van der Waals surface area (Å²) in [6, 6.07) is 1.47. The minimum absolute atomic E-state index is 0.156. The fourth-order valence-corrected chi connectivity index (χ4v) is 1.68. The Morgan fingerprint density at radius 3 is 2.89 bits per heavy atom. The van der Waals surface area contributed by atoms with Gasteiger partial charge in [-0.3, -0.25) is 4.79 Å². The van der Waals surface area contributed by atoms with Crippen molar-refractivity contribution < 1.29 is 24.5 Å². The molecule has 106 valence electrons. The molecule has 1 aliphatic rings. The summed E-state index contributed by atoms with van der Waals surface area (Å²) in [5, 5.41) is 29.5. The number of morpholine rings is 1. The van der Waals surface area contributed by atoms with Gasteiger partial charge in [0.15, 0.2) is 6.10 Å². The number of nitrogens with zero attached hydrogens (tertiary/aromatic N) is 2. The minimum atomic E-state index is -1.51. The molecule has 0 radical (unpaired) electrons. The van der Waals surface area contributed by atoms with Gasteiger partial charge in [0.05, 0.1) is 31.2 Å². The fourth-order valence-electron chi connectivity index (χ4n) is 1.68. The predicted octanol–water partition coefficient (Wildman–Crippen LogP) is -0.854. The molecular weight excluding hydrogens is 254 g/mol. The number of carboxylic acids is 1. The molecule has 2 unspecified atom stereocenters. The van der Waals surface area contributed by atoms with E-state index < -0.39 is 30.1 Å². The number of hydrogen-bond donors (Lipinski definition) is 3. The summed E-state index contributed by atoms with van der Waals surface area (Å²) in [5.74, 6) is -1.14. The van der Waals surface area contributed by atoms with Gasteiger partial charge in [0.2, 0.25) is 0 Å². The summed E-state index contributed by atoms with van der Waals surface area (Å²) in [6.45, 7) is 1.94. The number of urea groups is 1. The van der Waals surface area contributed by atoms with Gasteiger partial charge in [-0.15, -0.1) is 0 Å². The molecule has 0 aromatic heterocycles. The van der Waals surface area contributed by atoms with Crippen molar-refractivity contribution in [2.75, 3.05) is 26.2 Å². The Morgan fingerprint density at radius 2 is 2.32 bits per heavy atom. The standard InChI is InChI=1S/C11H17N3O5/c1-11(18,4-9(15)16)7-13-10(17)14-2-3-19-8(5-12)6-14/h8,18H,2-4,6-7H2,1H3,(H,13,17)(H,15,16). The van der Waals surface area contributed by atoms with Gasteiger partial charge < -0.3 is 25.2 Å². The van der Waals surface area contributed by atoms with Gasteiger partial charge in [0.1, 0.15) is 0 Å². The number of ether oxygens (including phenoxy) is 1. The van der Waals surface area contributed by atoms with Crippen LogP contribution in [0.2, 0.25) is 0 Å². The number of nitriles is 1. The average Bonchev–Trinajstić information content (AvgIpc) is 2.34. The maximum Gasteiger partial charge on any atom is 0.317 e. The first kappa shape index (κ1) is 15.2. The molecule has 0 aromatic carbocycles. The van der Waals surface area contributed by atoms with Crippen molar-refractivity contribution in [3.63, 3.8) is 0 Å². The Morgan fingerprint density at radius 1 is 1.63 bits per heavy atom. The van der Waals surface area contributed by atoms with Crippen molar-refractivity contribution in [3.8, 4) is 6.07 Å². The topological polar surface area (TPSA) is 123 Å². The van der Waals surface area contributed by atoms with Crippen molar-refractivity contribution in [1.29, 1.82) is 5.26 Å². The van der Waals surface area contributed by atoms with Gasteiger partial charge in [0, 0.05) is 13.1 Å². The largest absolute Gasteiger partial charge is 0.481 e. The first-order valence-corrected chi connectivity index (χ1v) is 5.82. The van der Waals surface area contributed by atoms with Gasteiger partial charge in [-0.05, 0) is 6.92 Å². The number of aliphatic hydroxyl groups is 1. The molecule has 8 heteroatoms. The Hall–Kier alpha value is -1.85. The van der Waals surface area contributed by atoms with E-state index >= 15 is 0 Å². The molecule has 2 atom stereocenters. The van der Waals surface area contributed by atoms with Crippen LogP contribution < -0.4 is 5.32 Å². The van der Waals surface area contributed by atoms with E-state index in [0.717, 1.165) is 0 Å². The molecule has 3 N–H and O–H groups in total. The lowest BCUT2D eigenvalue weighted by molar-refractivity contribution is -0.141. The summed E-state index contributed by atoms with van der Waals surface area (Å²) < 4.78 is 5.10. The molecule has 1 saturated heterocycles. The maximum atomic E-state index is 11.8. The molecule has 2 amide bonds. The van der Waals surface area contributed by atoms with E-state index in [1.165, 1.54) is 11.8 Å². The van der Waals surface area contributed by atoms with Crippen molar-refractivity contribution in [1.82, 2.24) is 10.2 Å². The second-order valence-corrected chi connectivity index (χ2v) is 4.66. The van der Waals surface area contributed by atoms with Crippen molar-refractivity contribution >= 4 is 12.0 Å². The zero-order valence-electron chi connectivity index (χ0n) is 10.6. The second-order valence-electron chi connectivity index (χ2n) is 4.66. The Balaban J connectivity index is 2.43. The van der Waals surface area contributed by atoms with Crippen LogP contribution in [0.5, 0.6) is 0 Å². The van der Waals surface area contributed by atoms with Gasteiger partial charge in [-0.25, -0.2) is 4.79 Å². The number of aliphatic carboxylic acids is 1. The van der Waals surface area contributed by atoms with Crippen LogP contribution in [-0.4, -0.2) is 65.1 Å². The monoisotopic (exact) mass is 271 g/mol. The van der Waals surface area contributed by atoms with Gasteiger partial charge >= 0.3 is 12.0 Å². The van der Waals surface area contributed by atoms with E-state index in [0.29, 0.717) is 6.54 Å². The average molecular weight is 271 g/mol. The molecule has 0 spiro atoms. The number of rotatable bonds is 4. The highest BCUT2D eigenvalue weighted by Gasteiger charge is 2.28. The summed E-state index contributed by atoms with van der Waals surface area (Å²) in [6.07, 6.45) is -1.11. The van der Waals surface area contributed by atoms with E-state index in [1.807, 2.05) is 6.07 Å². The summed E-state index contributed by atoms with van der Waals surface area (Å²) >= 11 is 0. The van der Waals surface area contributed by atoms with Crippen molar-refractivity contribution in [2.45, 2.75) is 25.0 Å². The molecule has 1 fully saturated rings. The Bertz CT molecular complexity index is 390. The molecular formula is C11H17N3O5. The Labute approximate surface area is 110 Å². The zero-order valence-corrected chi connectivity index (χ0v) is 10.6. The number of amides is 2. The van der Waals surface area contributed by atoms with Gasteiger partial charge in [-0.1, -0.05) is 0 Å². The van der Waals surface area contributed by atoms with E-state index in [9.17, 15) is 14.7 Å². The zero-order chi connectivity index (χ0) is 14.5. The van der Waals surface area contributed by atoms with Crippen LogP contribution in [0.15, 0.2) is 0 Å². The maximum absolute atomic E-state index is 11.8. The molecule has 0 saturated carbocycles. The predicted molar refractivity (Wildman–Crippen MR) is 63.2 cm³/mol. The van der Waals surface area contributed by atoms with Crippen LogP contribution in [0.4, 0.5) is 4.79 Å². The molecule has 8 nitrogen and oxygen atoms in total. The molecule has 0 aliphatic carbocycles. The smallest absolute Gasteiger partial charge is 0.317 e. The minimum Gasteiger partial charge on any atom is -0.481 e. The van der Waals surface area contributed by atoms with Crippen LogP contribution >= 0.6 is 0 Å². The highest BCUT2D eigenvalue weighted by atomic mass is 16.5. The van der Waals surface area contributed by atoms with Crippen LogP contribution in [0.1, 0.15) is 13.3 Å². The second kappa shape index (κ2) is 6.36. The number of carbonyl (C=O) groups is 2. The van der Waals surface area contributed by atoms with E-state index in [-0.39, 0.29) is 19.7 Å². The van der Waals surface area contributed by atoms with Gasteiger partial charge in [0.25, 0.3) is 0 Å². The number of carboxylic acid groups (broad SMARTS) is 1. The SMILES string of the molecule is CC(O)(CNC(=O)N1CCOC(C#N)C1)CC(=O)O. The summed E-state index contributed by atoms with van der Waals surface area (Å²) in [7, 11) is 0. The summed E-state index contributed by atoms with van der Waals surface area (Å²) in [5.41, 5.74) is -1.51. The van der Waals surface area contributed by atoms with E-state index in [4.69, 9.17) is 15.1 Å². The number of nitrogens with one attached hydrogen (secondary N) is 1. The first-order chi connectivity index (χ1) is 8.84. The lowest BCUT2D eigenvalue weighted by atomic mass is 10.0. The highest BCUT2D eigenvalue weighted by molar-refractivity contribution is 5.74. The normalized spacial score (nSPS) is 22.2. The van der Waals surface area contributed by atoms with Crippen molar-refractivity contribution in [2.24, 2.45) is 0 Å². The van der Waals surface area contributed by atoms with E-state index in [1.54, 1.807) is 0 Å². The van der Waals surface area contributed by atoms with Gasteiger partial charge in [-0.2, -0.15) is 5.26 Å². The number of hydrogen-bond acceptors (Lipinski definition) is 5. The lowest BCUT2D eigenvalue weighted by Gasteiger charge is -2.31. The molecule has 1 aliphatic heterocycles. The third-order valence-electron chi connectivity index (χ3n) is 2.65. The number of carbonyl (C=O) groups excluding carboxylic acids is 1. The Kier molecular flexibility index (Phi) is 5.09. The third kappa shape index (κ3) is 5.11. The van der Waals surface area contributed by atoms with Crippen LogP contribution in [-0.2, 0) is 9.53 Å². The van der Waals surface area contributed by atoms with Crippen LogP contribution in [0, 0.1) is 11.3 Å². The molecule has 1 heterocycles. The quantitative estimate of drug-likeness (QED) is 0.611. The molecule has 1 rings (SSSR count). The van der Waals surface area contributed by atoms with Crippen LogP contribution in [0.25, 0.3) is 0 Å². The molecule has 19 heavy (non-hydrogen) atoms. The highest BCUT2D eigenvalue weighted by Crippen LogP contribution is 2.09. The van der Waals surface area contributed by atoms with Crippen molar-refractivity contribution in [3.05, 3.63) is 0 Å². The first-order valence-electron chi connectivity index (χ1n) is 5.82. The fraction of sp³-hybridized carbons (Fsp3) is 0.727. The van der Waals surface area contributed by atoms with E-state index in [2.05, 4.69) is 5.32 Å². The lowest BCUT2D eigenvalue weighted by Crippen LogP contribution is -2.52. The van der Waals surface area contributed by atoms with Crippen LogP contribution in [0.3, 0.4) is 0 Å². The molecule has 0 aromatic rings. The molecule has 0 bridgehead atoms. The third-order valence-corrected chi connectivity index (χ3v) is 2.65. The summed E-state index contributed by atoms with van der Waals surface area (Å²) in [4.78, 5) is 23.7.